The maximum Gasteiger partial charge on any atom is -0.147 e. The van der Waals surface area contributed by atoms with Crippen LogP contribution in [0.3, 0.4) is 0 Å². The van der Waals surface area contributed by atoms with Gasteiger partial charge >= 0.3 is 145 Å². The summed E-state index contributed by atoms with van der Waals surface area (Å²) in [6.07, 6.45) is 9.36. The van der Waals surface area contributed by atoms with Crippen LogP contribution < -0.4 is 0 Å². The third kappa shape index (κ3) is 3.19. The zero-order chi connectivity index (χ0) is 16.1. The summed E-state index contributed by atoms with van der Waals surface area (Å²) in [5.74, 6) is 0. The van der Waals surface area contributed by atoms with Crippen molar-refractivity contribution >= 4 is 52.4 Å². The van der Waals surface area contributed by atoms with Crippen molar-refractivity contribution in [1.82, 2.24) is 0 Å². The van der Waals surface area contributed by atoms with E-state index in [0.29, 0.717) is 7.25 Å². The van der Waals surface area contributed by atoms with E-state index in [4.69, 9.17) is 8.51 Å². The molecule has 25 heavy (non-hydrogen) atoms. The molecule has 0 N–H and O–H groups in total. The average Bonchev–Trinajstić information content (AvgIpc) is 3.20. The molecule has 0 fully saturated rings. The molecule has 0 nitrogen and oxygen atoms in total. The molecule has 2 aliphatic carbocycles. The van der Waals surface area contributed by atoms with Crippen molar-refractivity contribution in [3.8, 4) is 0 Å². The van der Waals surface area contributed by atoms with Gasteiger partial charge in [0.25, 0.3) is 0 Å². The summed E-state index contributed by atoms with van der Waals surface area (Å²) >= 11 is -3.60. The molecule has 0 aliphatic heterocycles. The molecule has 0 heterocycles. The second-order valence-corrected chi connectivity index (χ2v) is 38.5. The molecule has 2 aliphatic rings. The van der Waals surface area contributed by atoms with E-state index in [9.17, 15) is 0 Å². The Hall–Kier alpha value is -0.110. The number of hydrogen-bond donors (Lipinski definition) is 0. The third-order valence-corrected chi connectivity index (χ3v) is 32.0. The van der Waals surface area contributed by atoms with Gasteiger partial charge in [-0.1, -0.05) is 0 Å². The molecular weight excluding hydrogens is 466 g/mol. The smallest absolute Gasteiger partial charge is 0.147 e. The van der Waals surface area contributed by atoms with E-state index in [-0.39, 0.29) is 24.8 Å². The Morgan fingerprint density at radius 3 is 1.64 bits per heavy atom. The van der Waals surface area contributed by atoms with Crippen LogP contribution in [0.4, 0.5) is 0 Å². The molecule has 0 radical (unpaired) electrons. The molecule has 2 atom stereocenters. The first kappa shape index (κ1) is 21.2. The normalized spacial score (nSPS) is 20.4. The van der Waals surface area contributed by atoms with Crippen LogP contribution in [-0.2, 0) is 16.2 Å². The number of fused-ring (bicyclic) bond motifs is 2. The molecule has 2 aromatic rings. The van der Waals surface area contributed by atoms with Gasteiger partial charge in [0.15, 0.2) is 0 Å². The molecular formula is C20H23Cl3SiZr. The number of hydrogen-bond acceptors (Lipinski definition) is 0. The summed E-state index contributed by atoms with van der Waals surface area (Å²) in [7, 11) is 7.77. The Balaban J connectivity index is 0.00000113. The summed E-state index contributed by atoms with van der Waals surface area (Å²) in [5, 5.41) is 0. The minimum absolute atomic E-state index is 0. The summed E-state index contributed by atoms with van der Waals surface area (Å²) in [5.41, 5.74) is 5.60. The molecule has 2 aromatic carbocycles. The summed E-state index contributed by atoms with van der Waals surface area (Å²) < 4.78 is 1.98. The largest absolute Gasteiger partial charge is 0.147 e. The van der Waals surface area contributed by atoms with Gasteiger partial charge in [-0.2, -0.15) is 0 Å². The van der Waals surface area contributed by atoms with Crippen molar-refractivity contribution in [1.29, 1.82) is 0 Å². The molecule has 0 aromatic heterocycles. The van der Waals surface area contributed by atoms with Gasteiger partial charge in [-0.3, -0.25) is 0 Å². The van der Waals surface area contributed by atoms with Gasteiger partial charge < -0.3 is 0 Å². The molecule has 0 bridgehead atoms. The van der Waals surface area contributed by atoms with Gasteiger partial charge in [-0.15, -0.1) is 24.8 Å². The van der Waals surface area contributed by atoms with Crippen molar-refractivity contribution in [3.05, 3.63) is 82.9 Å². The predicted octanol–water partition coefficient (Wildman–Crippen LogP) is 6.20. The number of benzene rings is 2. The molecule has 4 rings (SSSR count). The van der Waals surface area contributed by atoms with E-state index in [1.807, 2.05) is 0 Å². The van der Waals surface area contributed by atoms with Crippen LogP contribution in [0.5, 0.6) is 0 Å². The quantitative estimate of drug-likeness (QED) is 0.451. The fourth-order valence-electron chi connectivity index (χ4n) is 4.33. The minimum atomic E-state index is -3.60. The van der Waals surface area contributed by atoms with Crippen LogP contribution >= 0.6 is 33.3 Å². The van der Waals surface area contributed by atoms with Crippen LogP contribution in [0, 0.1) is 0 Å². The van der Waals surface area contributed by atoms with Crippen molar-refractivity contribution in [2.45, 2.75) is 18.3 Å². The van der Waals surface area contributed by atoms with E-state index < -0.39 is 16.2 Å². The van der Waals surface area contributed by atoms with Crippen LogP contribution in [0.15, 0.2) is 60.7 Å². The van der Waals surface area contributed by atoms with Crippen molar-refractivity contribution in [2.24, 2.45) is 0 Å². The summed E-state index contributed by atoms with van der Waals surface area (Å²) in [6.45, 7) is 4.50. The monoisotopic (exact) mass is 486 g/mol. The summed E-state index contributed by atoms with van der Waals surface area (Å²) in [6, 6.07) is 17.6. The topological polar surface area (TPSA) is 0 Å². The first-order chi connectivity index (χ1) is 11.0. The van der Waals surface area contributed by atoms with E-state index in [1.54, 1.807) is 0 Å². The number of halogens is 3. The Morgan fingerprint density at radius 1 is 0.840 bits per heavy atom. The zero-order valence-corrected chi connectivity index (χ0v) is 20.5. The predicted molar refractivity (Wildman–Crippen MR) is 116 cm³/mol. The molecule has 0 spiro atoms. The van der Waals surface area contributed by atoms with E-state index >= 15 is 0 Å². The fourth-order valence-corrected chi connectivity index (χ4v) is 21.5. The first-order valence-corrected chi connectivity index (χ1v) is 22.0. The maximum atomic E-state index is 7.77. The van der Waals surface area contributed by atoms with Crippen molar-refractivity contribution in [3.63, 3.8) is 0 Å². The van der Waals surface area contributed by atoms with Crippen LogP contribution in [0.2, 0.25) is 4.13 Å². The Kier molecular flexibility index (Phi) is 6.35. The van der Waals surface area contributed by atoms with Crippen LogP contribution in [0.25, 0.3) is 12.2 Å². The van der Waals surface area contributed by atoms with Gasteiger partial charge in [-0.05, 0) is 0 Å². The zero-order valence-electron chi connectivity index (χ0n) is 14.2. The fraction of sp³-hybridized carbons (Fsp3) is 0.200. The first-order valence-electron chi connectivity index (χ1n) is 8.32. The Bertz CT molecular complexity index is 851. The van der Waals surface area contributed by atoms with Gasteiger partial charge in [0, 0.05) is 0 Å². The van der Waals surface area contributed by atoms with Crippen LogP contribution in [-0.4, -0.2) is 6.88 Å². The van der Waals surface area contributed by atoms with Gasteiger partial charge in [0.2, 0.25) is 0 Å². The number of allylic oxidation sites excluding steroid dienone is 2. The van der Waals surface area contributed by atoms with Crippen molar-refractivity contribution < 1.29 is 16.2 Å². The average molecular weight is 489 g/mol. The van der Waals surface area contributed by atoms with E-state index in [0.717, 1.165) is 4.13 Å². The molecule has 0 amide bonds. The molecule has 132 valence electrons. The molecule has 2 unspecified atom stereocenters. The second-order valence-electron chi connectivity index (χ2n) is 7.00. The van der Waals surface area contributed by atoms with Gasteiger partial charge in [0.05, 0.1) is 0 Å². The van der Waals surface area contributed by atoms with E-state index in [2.05, 4.69) is 86.6 Å². The number of rotatable bonds is 3. The SMILES string of the molecule is C[CH2][Zr](=[SiH2])([Cl])([CH]1C=Cc2ccccc21)[CH]1C=Cc2ccccc21.Cl.Cl. The van der Waals surface area contributed by atoms with Gasteiger partial charge in [-0.25, -0.2) is 0 Å². The molecule has 5 heteroatoms. The third-order valence-electron chi connectivity index (χ3n) is 5.86. The molecule has 0 saturated heterocycles. The van der Waals surface area contributed by atoms with E-state index in [1.165, 1.54) is 22.3 Å². The second kappa shape index (κ2) is 7.49. The Morgan fingerprint density at radius 2 is 1.24 bits per heavy atom. The minimum Gasteiger partial charge on any atom is -0.147 e. The standard InChI is InChI=1S/2C9H7.C2H5.3ClH.H2Si.Zr/c2*1-2-5-9-7-3-6-8(9)4-1;1-2;;;;;/h2*1-7H;1H2,2H3;3*1H;1H2;/q;;;;;;;+1/p-1. The maximum absolute atomic E-state index is 7.77. The summed E-state index contributed by atoms with van der Waals surface area (Å²) in [4.78, 5) is 0. The Labute approximate surface area is 168 Å². The molecule has 0 saturated carbocycles. The van der Waals surface area contributed by atoms with Crippen molar-refractivity contribution in [2.75, 3.05) is 0 Å². The van der Waals surface area contributed by atoms with Gasteiger partial charge in [0.1, 0.15) is 0 Å². The van der Waals surface area contributed by atoms with Crippen LogP contribution in [0.1, 0.15) is 36.4 Å².